The molecule has 1 aliphatic carbocycles. The van der Waals surface area contributed by atoms with Gasteiger partial charge in [0.2, 0.25) is 0 Å². The van der Waals surface area contributed by atoms with Crippen LogP contribution in [0.1, 0.15) is 49.0 Å². The molecular weight excluding hydrogens is 400 g/mol. The van der Waals surface area contributed by atoms with Gasteiger partial charge in [0.05, 0.1) is 11.8 Å². The van der Waals surface area contributed by atoms with Crippen LogP contribution in [-0.2, 0) is 12.8 Å². The Morgan fingerprint density at radius 2 is 2.10 bits per heavy atom. The zero-order chi connectivity index (χ0) is 20.4. The van der Waals surface area contributed by atoms with Gasteiger partial charge in [0, 0.05) is 17.3 Å². The van der Waals surface area contributed by atoms with E-state index in [0.29, 0.717) is 21.9 Å². The van der Waals surface area contributed by atoms with Crippen LogP contribution in [0.3, 0.4) is 0 Å². The SMILES string of the molecule is CC(C)(C)[C@@H]1CCc2c(sc(N=Cc3ccc(Sc4ncccn4)o3)c2C#N)C1. The molecule has 5 nitrogen and oxygen atoms in total. The van der Waals surface area contributed by atoms with Crippen LogP contribution in [0.2, 0.25) is 0 Å². The first-order valence-electron chi connectivity index (χ1n) is 9.57. The Kier molecular flexibility index (Phi) is 5.57. The van der Waals surface area contributed by atoms with E-state index in [1.165, 1.54) is 22.2 Å². The minimum Gasteiger partial charge on any atom is -0.448 e. The van der Waals surface area contributed by atoms with Gasteiger partial charge in [0.25, 0.3) is 0 Å². The van der Waals surface area contributed by atoms with Crippen molar-refractivity contribution in [1.29, 1.82) is 5.26 Å². The van der Waals surface area contributed by atoms with Crippen molar-refractivity contribution in [2.75, 3.05) is 0 Å². The van der Waals surface area contributed by atoms with Gasteiger partial charge in [-0.25, -0.2) is 15.0 Å². The molecule has 0 aromatic carbocycles. The number of hydrogen-bond donors (Lipinski definition) is 0. The lowest BCUT2D eigenvalue weighted by molar-refractivity contribution is 0.218. The third kappa shape index (κ3) is 4.44. The molecule has 1 atom stereocenters. The van der Waals surface area contributed by atoms with Crippen LogP contribution in [0.5, 0.6) is 0 Å². The largest absolute Gasteiger partial charge is 0.448 e. The van der Waals surface area contributed by atoms with E-state index in [1.54, 1.807) is 36.0 Å². The van der Waals surface area contributed by atoms with Crippen LogP contribution in [0.4, 0.5) is 5.00 Å². The number of thiophene rings is 1. The van der Waals surface area contributed by atoms with E-state index in [2.05, 4.69) is 41.8 Å². The van der Waals surface area contributed by atoms with Crippen molar-refractivity contribution in [3.63, 3.8) is 0 Å². The summed E-state index contributed by atoms with van der Waals surface area (Å²) in [4.78, 5) is 14.3. The number of nitriles is 1. The summed E-state index contributed by atoms with van der Waals surface area (Å²) < 4.78 is 5.80. The Morgan fingerprint density at radius 3 is 2.83 bits per heavy atom. The van der Waals surface area contributed by atoms with E-state index >= 15 is 0 Å². The van der Waals surface area contributed by atoms with E-state index in [1.807, 2.05) is 12.1 Å². The maximum atomic E-state index is 9.70. The number of furan rings is 1. The molecule has 4 rings (SSSR count). The molecule has 0 N–H and O–H groups in total. The number of aromatic nitrogens is 2. The standard InChI is InChI=1S/C22H22N4OS2/c1-22(2,3)14-5-7-16-17(12-23)20(28-18(16)11-14)26-13-15-6-8-19(27-15)29-21-24-9-4-10-25-21/h4,6,8-10,13-14H,5,7,11H2,1-3H3/t14-/m1/s1. The zero-order valence-corrected chi connectivity index (χ0v) is 18.3. The van der Waals surface area contributed by atoms with Crippen molar-refractivity contribution in [3.05, 3.63) is 52.4 Å². The summed E-state index contributed by atoms with van der Waals surface area (Å²) in [6.45, 7) is 6.90. The highest BCUT2D eigenvalue weighted by molar-refractivity contribution is 7.99. The molecule has 0 fully saturated rings. The van der Waals surface area contributed by atoms with Gasteiger partial charge in [-0.05, 0) is 66.1 Å². The molecule has 0 amide bonds. The predicted octanol–water partition coefficient (Wildman–Crippen LogP) is 6.06. The van der Waals surface area contributed by atoms with Crippen molar-refractivity contribution < 1.29 is 4.42 Å². The molecule has 3 aromatic rings. The normalized spacial score (nSPS) is 16.7. The zero-order valence-electron chi connectivity index (χ0n) is 16.7. The monoisotopic (exact) mass is 422 g/mol. The molecule has 0 unspecified atom stereocenters. The van der Waals surface area contributed by atoms with Crippen LogP contribution >= 0.6 is 23.1 Å². The minimum absolute atomic E-state index is 0.280. The Bertz CT molecular complexity index is 1070. The summed E-state index contributed by atoms with van der Waals surface area (Å²) in [6, 6.07) is 7.90. The Balaban J connectivity index is 1.52. The molecular formula is C22H22N4OS2. The fourth-order valence-corrected chi connectivity index (χ4v) is 5.43. The first-order valence-corrected chi connectivity index (χ1v) is 11.2. The van der Waals surface area contributed by atoms with Gasteiger partial charge in [-0.1, -0.05) is 20.8 Å². The van der Waals surface area contributed by atoms with Crippen molar-refractivity contribution >= 4 is 34.3 Å². The third-order valence-electron chi connectivity index (χ3n) is 5.23. The van der Waals surface area contributed by atoms with Gasteiger partial charge in [-0.15, -0.1) is 11.3 Å². The molecule has 3 aromatic heterocycles. The first kappa shape index (κ1) is 19.9. The fourth-order valence-electron chi connectivity index (χ4n) is 3.53. The van der Waals surface area contributed by atoms with Crippen molar-refractivity contribution in [1.82, 2.24) is 9.97 Å². The highest BCUT2D eigenvalue weighted by Gasteiger charge is 2.32. The first-order chi connectivity index (χ1) is 13.9. The lowest BCUT2D eigenvalue weighted by Gasteiger charge is -2.33. The summed E-state index contributed by atoms with van der Waals surface area (Å²) in [7, 11) is 0. The summed E-state index contributed by atoms with van der Waals surface area (Å²) in [5.74, 6) is 1.29. The van der Waals surface area contributed by atoms with Gasteiger partial charge in [0.1, 0.15) is 16.8 Å². The van der Waals surface area contributed by atoms with E-state index in [4.69, 9.17) is 4.42 Å². The Morgan fingerprint density at radius 1 is 1.31 bits per heavy atom. The molecule has 7 heteroatoms. The minimum atomic E-state index is 0.280. The van der Waals surface area contributed by atoms with Crippen molar-refractivity contribution in [3.8, 4) is 6.07 Å². The van der Waals surface area contributed by atoms with Crippen molar-refractivity contribution in [2.45, 2.75) is 50.3 Å². The third-order valence-corrected chi connectivity index (χ3v) is 7.20. The number of fused-ring (bicyclic) bond motifs is 1. The van der Waals surface area contributed by atoms with Gasteiger partial charge in [0.15, 0.2) is 10.2 Å². The fraction of sp³-hybridized carbons (Fsp3) is 0.364. The van der Waals surface area contributed by atoms with Gasteiger partial charge in [-0.2, -0.15) is 5.26 Å². The second-order valence-electron chi connectivity index (χ2n) is 8.15. The van der Waals surface area contributed by atoms with Gasteiger partial charge < -0.3 is 4.42 Å². The molecule has 0 saturated heterocycles. The van der Waals surface area contributed by atoms with Crippen molar-refractivity contribution in [2.24, 2.45) is 16.3 Å². The second-order valence-corrected chi connectivity index (χ2v) is 10.2. The summed E-state index contributed by atoms with van der Waals surface area (Å²) in [5.41, 5.74) is 2.21. The molecule has 0 bridgehead atoms. The smallest absolute Gasteiger partial charge is 0.195 e. The summed E-state index contributed by atoms with van der Waals surface area (Å²) >= 11 is 3.01. The number of aliphatic imine (C=N–C) groups is 1. The lowest BCUT2D eigenvalue weighted by atomic mass is 9.72. The topological polar surface area (TPSA) is 75.1 Å². The number of rotatable bonds is 4. The second kappa shape index (κ2) is 8.13. The number of hydrogen-bond acceptors (Lipinski definition) is 7. The molecule has 1 aliphatic rings. The Labute approximate surface area is 178 Å². The quantitative estimate of drug-likeness (QED) is 0.377. The van der Waals surface area contributed by atoms with Gasteiger partial charge >= 0.3 is 0 Å². The maximum absolute atomic E-state index is 9.70. The van der Waals surface area contributed by atoms with E-state index < -0.39 is 0 Å². The summed E-state index contributed by atoms with van der Waals surface area (Å²) in [6.07, 6.45) is 8.22. The van der Waals surface area contributed by atoms with Crippen LogP contribution in [0.15, 0.2) is 50.3 Å². The predicted molar refractivity (Wildman–Crippen MR) is 116 cm³/mol. The Hall–Kier alpha value is -2.43. The van der Waals surface area contributed by atoms with E-state index in [-0.39, 0.29) is 5.41 Å². The average molecular weight is 423 g/mol. The molecule has 3 heterocycles. The molecule has 0 saturated carbocycles. The van der Waals surface area contributed by atoms with Crippen LogP contribution in [0, 0.1) is 22.7 Å². The van der Waals surface area contributed by atoms with Crippen LogP contribution in [-0.4, -0.2) is 16.2 Å². The highest BCUT2D eigenvalue weighted by Crippen LogP contribution is 2.44. The van der Waals surface area contributed by atoms with E-state index in [9.17, 15) is 5.26 Å². The molecule has 0 radical (unpaired) electrons. The van der Waals surface area contributed by atoms with Crippen LogP contribution in [0.25, 0.3) is 0 Å². The molecule has 0 aliphatic heterocycles. The van der Waals surface area contributed by atoms with E-state index in [0.717, 1.165) is 29.8 Å². The highest BCUT2D eigenvalue weighted by atomic mass is 32.2. The molecule has 29 heavy (non-hydrogen) atoms. The molecule has 148 valence electrons. The average Bonchev–Trinajstić information content (AvgIpc) is 3.29. The van der Waals surface area contributed by atoms with Crippen LogP contribution < -0.4 is 0 Å². The number of nitrogens with zero attached hydrogens (tertiary/aromatic N) is 4. The van der Waals surface area contributed by atoms with Gasteiger partial charge in [-0.3, -0.25) is 0 Å². The summed E-state index contributed by atoms with van der Waals surface area (Å²) in [5, 5.41) is 11.8. The maximum Gasteiger partial charge on any atom is 0.195 e. The molecule has 0 spiro atoms. The lowest BCUT2D eigenvalue weighted by Crippen LogP contribution is -2.26.